The Morgan fingerprint density at radius 2 is 1.93 bits per heavy atom. The second kappa shape index (κ2) is 9.52. The number of nitrogens with zero attached hydrogens (tertiary/aromatic N) is 3. The van der Waals surface area contributed by atoms with E-state index in [0.29, 0.717) is 19.0 Å². The van der Waals surface area contributed by atoms with Gasteiger partial charge in [-0.1, -0.05) is 23.8 Å². The van der Waals surface area contributed by atoms with Crippen molar-refractivity contribution in [2.45, 2.75) is 26.8 Å². The third-order valence-corrected chi connectivity index (χ3v) is 3.99. The van der Waals surface area contributed by atoms with E-state index in [-0.39, 0.29) is 0 Å². The van der Waals surface area contributed by atoms with Crippen molar-refractivity contribution in [1.82, 2.24) is 20.6 Å². The molecule has 0 unspecified atom stereocenters. The van der Waals surface area contributed by atoms with Gasteiger partial charge in [0.1, 0.15) is 6.26 Å². The van der Waals surface area contributed by atoms with E-state index in [1.54, 1.807) is 12.5 Å². The van der Waals surface area contributed by atoms with E-state index in [0.717, 1.165) is 35.9 Å². The number of nitrogens with one attached hydrogen (secondary N) is 2. The van der Waals surface area contributed by atoms with E-state index in [1.165, 1.54) is 5.56 Å². The highest BCUT2D eigenvalue weighted by Gasteiger charge is 2.07. The molecule has 0 radical (unpaired) electrons. The van der Waals surface area contributed by atoms with Crippen molar-refractivity contribution in [3.63, 3.8) is 0 Å². The number of rotatable bonds is 7. The molecule has 6 heteroatoms. The Bertz CT molecular complexity index is 856. The van der Waals surface area contributed by atoms with Crippen LogP contribution in [-0.2, 0) is 13.0 Å². The molecule has 27 heavy (non-hydrogen) atoms. The molecule has 0 aliphatic heterocycles. The molecule has 0 saturated heterocycles. The van der Waals surface area contributed by atoms with E-state index < -0.39 is 0 Å². The Balaban J connectivity index is 1.53. The average molecular weight is 363 g/mol. The number of pyridine rings is 1. The number of aliphatic imine (C=N–C) groups is 1. The topological polar surface area (TPSA) is 75.3 Å². The van der Waals surface area contributed by atoms with Crippen LogP contribution in [0.25, 0.3) is 11.5 Å². The van der Waals surface area contributed by atoms with Gasteiger partial charge in [0.05, 0.1) is 17.9 Å². The minimum atomic E-state index is 0.539. The van der Waals surface area contributed by atoms with Gasteiger partial charge in [-0.15, -0.1) is 0 Å². The predicted molar refractivity (Wildman–Crippen MR) is 107 cm³/mol. The maximum Gasteiger partial charge on any atom is 0.226 e. The van der Waals surface area contributed by atoms with Gasteiger partial charge in [0.15, 0.2) is 5.96 Å². The fourth-order valence-electron chi connectivity index (χ4n) is 2.55. The first-order chi connectivity index (χ1) is 13.2. The Hall–Kier alpha value is -3.15. The molecule has 0 atom stereocenters. The van der Waals surface area contributed by atoms with Crippen LogP contribution >= 0.6 is 0 Å². The van der Waals surface area contributed by atoms with E-state index in [1.807, 2.05) is 37.3 Å². The average Bonchev–Trinajstić information content (AvgIpc) is 3.16. The van der Waals surface area contributed by atoms with Gasteiger partial charge in [-0.25, -0.2) is 9.98 Å². The maximum atomic E-state index is 5.61. The minimum Gasteiger partial charge on any atom is -0.444 e. The zero-order valence-corrected chi connectivity index (χ0v) is 15.8. The predicted octanol–water partition coefficient (Wildman–Crippen LogP) is 3.34. The Morgan fingerprint density at radius 1 is 1.07 bits per heavy atom. The number of guanidine groups is 1. The summed E-state index contributed by atoms with van der Waals surface area (Å²) in [6.45, 7) is 6.17. The molecular formula is C21H25N5O. The molecule has 3 rings (SSSR count). The molecule has 3 aromatic rings. The summed E-state index contributed by atoms with van der Waals surface area (Å²) in [5.74, 6) is 1.42. The van der Waals surface area contributed by atoms with E-state index >= 15 is 0 Å². The Morgan fingerprint density at radius 3 is 2.67 bits per heavy atom. The van der Waals surface area contributed by atoms with Crippen molar-refractivity contribution in [2.24, 2.45) is 4.99 Å². The molecule has 1 aromatic carbocycles. The SMILES string of the molecule is CCNC(=NCc1ccccn1)NCCc1coc(-c2ccc(C)cc2)n1. The normalized spacial score (nSPS) is 11.4. The van der Waals surface area contributed by atoms with Crippen LogP contribution in [0.3, 0.4) is 0 Å². The lowest BCUT2D eigenvalue weighted by atomic mass is 10.1. The van der Waals surface area contributed by atoms with Crippen molar-refractivity contribution in [1.29, 1.82) is 0 Å². The summed E-state index contributed by atoms with van der Waals surface area (Å²) in [4.78, 5) is 13.4. The van der Waals surface area contributed by atoms with Gasteiger partial charge < -0.3 is 15.1 Å². The van der Waals surface area contributed by atoms with Crippen molar-refractivity contribution >= 4 is 5.96 Å². The first kappa shape index (κ1) is 18.6. The molecule has 0 aliphatic rings. The van der Waals surface area contributed by atoms with Gasteiger partial charge in [-0.2, -0.15) is 0 Å². The summed E-state index contributed by atoms with van der Waals surface area (Å²) in [5, 5.41) is 6.57. The maximum absolute atomic E-state index is 5.61. The summed E-state index contributed by atoms with van der Waals surface area (Å²) >= 11 is 0. The molecule has 0 fully saturated rings. The molecule has 0 spiro atoms. The quantitative estimate of drug-likeness (QED) is 0.497. The molecular weight excluding hydrogens is 338 g/mol. The highest BCUT2D eigenvalue weighted by atomic mass is 16.3. The zero-order chi connectivity index (χ0) is 18.9. The molecule has 0 bridgehead atoms. The van der Waals surface area contributed by atoms with Crippen LogP contribution in [0.15, 0.2) is 64.3 Å². The molecule has 0 aliphatic carbocycles. The highest BCUT2D eigenvalue weighted by Crippen LogP contribution is 2.19. The Labute approximate surface area is 159 Å². The van der Waals surface area contributed by atoms with Gasteiger partial charge in [-0.05, 0) is 38.1 Å². The number of oxazole rings is 1. The first-order valence-electron chi connectivity index (χ1n) is 9.18. The van der Waals surface area contributed by atoms with Crippen LogP contribution in [0, 0.1) is 6.92 Å². The van der Waals surface area contributed by atoms with Crippen LogP contribution in [0.2, 0.25) is 0 Å². The first-order valence-corrected chi connectivity index (χ1v) is 9.18. The van der Waals surface area contributed by atoms with Crippen LogP contribution in [0.1, 0.15) is 23.9 Å². The standard InChI is InChI=1S/C21H25N5O/c1-3-22-21(25-14-18-6-4-5-12-23-18)24-13-11-19-15-27-20(26-19)17-9-7-16(2)8-10-17/h4-10,12,15H,3,11,13-14H2,1-2H3,(H2,22,24,25). The molecule has 2 aromatic heterocycles. The molecule has 2 N–H and O–H groups in total. The summed E-state index contributed by atoms with van der Waals surface area (Å²) < 4.78 is 5.61. The number of benzene rings is 1. The lowest BCUT2D eigenvalue weighted by molar-refractivity contribution is 0.572. The summed E-state index contributed by atoms with van der Waals surface area (Å²) in [6.07, 6.45) is 4.25. The van der Waals surface area contributed by atoms with Crippen molar-refractivity contribution in [3.05, 3.63) is 71.9 Å². The summed E-state index contributed by atoms with van der Waals surface area (Å²) in [6, 6.07) is 14.0. The number of aryl methyl sites for hydroxylation is 1. The largest absolute Gasteiger partial charge is 0.444 e. The summed E-state index contributed by atoms with van der Waals surface area (Å²) in [7, 11) is 0. The zero-order valence-electron chi connectivity index (χ0n) is 15.8. The van der Waals surface area contributed by atoms with Gasteiger partial charge in [0, 0.05) is 31.3 Å². The van der Waals surface area contributed by atoms with Gasteiger partial charge in [0.2, 0.25) is 5.89 Å². The summed E-state index contributed by atoms with van der Waals surface area (Å²) in [5.41, 5.74) is 4.06. The van der Waals surface area contributed by atoms with Crippen LogP contribution in [-0.4, -0.2) is 29.0 Å². The van der Waals surface area contributed by atoms with Gasteiger partial charge in [0.25, 0.3) is 0 Å². The number of hydrogen-bond acceptors (Lipinski definition) is 4. The second-order valence-electron chi connectivity index (χ2n) is 6.20. The minimum absolute atomic E-state index is 0.539. The van der Waals surface area contributed by atoms with Crippen LogP contribution in [0.5, 0.6) is 0 Å². The molecule has 2 heterocycles. The lowest BCUT2D eigenvalue weighted by Gasteiger charge is -2.10. The lowest BCUT2D eigenvalue weighted by Crippen LogP contribution is -2.38. The van der Waals surface area contributed by atoms with Crippen molar-refractivity contribution < 1.29 is 4.42 Å². The Kier molecular flexibility index (Phi) is 6.57. The fourth-order valence-corrected chi connectivity index (χ4v) is 2.55. The molecule has 6 nitrogen and oxygen atoms in total. The third-order valence-electron chi connectivity index (χ3n) is 3.99. The van der Waals surface area contributed by atoms with E-state index in [4.69, 9.17) is 4.42 Å². The molecule has 0 saturated carbocycles. The van der Waals surface area contributed by atoms with Crippen molar-refractivity contribution in [2.75, 3.05) is 13.1 Å². The molecule has 140 valence electrons. The van der Waals surface area contributed by atoms with Crippen LogP contribution in [0.4, 0.5) is 0 Å². The smallest absolute Gasteiger partial charge is 0.226 e. The van der Waals surface area contributed by atoms with Gasteiger partial charge >= 0.3 is 0 Å². The number of aromatic nitrogens is 2. The van der Waals surface area contributed by atoms with Gasteiger partial charge in [-0.3, -0.25) is 4.98 Å². The second-order valence-corrected chi connectivity index (χ2v) is 6.20. The third kappa shape index (κ3) is 5.67. The van der Waals surface area contributed by atoms with E-state index in [9.17, 15) is 0 Å². The number of hydrogen-bond donors (Lipinski definition) is 2. The fraction of sp³-hybridized carbons (Fsp3) is 0.286. The molecule has 0 amide bonds. The van der Waals surface area contributed by atoms with Crippen LogP contribution < -0.4 is 10.6 Å². The monoisotopic (exact) mass is 363 g/mol. The van der Waals surface area contributed by atoms with E-state index in [2.05, 4.69) is 44.7 Å². The highest BCUT2D eigenvalue weighted by molar-refractivity contribution is 5.79. The van der Waals surface area contributed by atoms with Crippen molar-refractivity contribution in [3.8, 4) is 11.5 Å².